The molecule has 58 valence electrons. The molecular weight excluding hydrogens is 152 g/mol. The van der Waals surface area contributed by atoms with Gasteiger partial charge in [-0.1, -0.05) is 11.2 Å². The Labute approximate surface area is 66.2 Å². The first-order valence-corrected chi connectivity index (χ1v) is 3.00. The quantitative estimate of drug-likeness (QED) is 0.340. The van der Waals surface area contributed by atoms with Crippen molar-refractivity contribution in [1.29, 1.82) is 0 Å². The third-order valence-electron chi connectivity index (χ3n) is 1.28. The maximum absolute atomic E-state index is 8.12. The maximum Gasteiger partial charge on any atom is 0.0703 e. The summed E-state index contributed by atoms with van der Waals surface area (Å²) in [6.45, 7) is 1.85. The van der Waals surface area contributed by atoms with E-state index in [2.05, 4.69) is 16.5 Å². The monoisotopic (exact) mass is 162 g/mol. The summed E-state index contributed by atoms with van der Waals surface area (Å²) in [5.74, 6) is 0. The normalized spacial score (nSPS) is 18.2. The Bertz CT molecular complexity index is 145. The summed E-state index contributed by atoms with van der Waals surface area (Å²) in [5.41, 5.74) is 1.06. The molecule has 0 aromatic heterocycles. The van der Waals surface area contributed by atoms with Crippen LogP contribution in [-0.4, -0.2) is 24.5 Å². The van der Waals surface area contributed by atoms with Crippen LogP contribution in [0, 0.1) is 0 Å². The zero-order valence-electron chi connectivity index (χ0n) is 5.58. The van der Waals surface area contributed by atoms with Gasteiger partial charge in [-0.25, -0.2) is 0 Å². The van der Waals surface area contributed by atoms with Gasteiger partial charge in [0.15, 0.2) is 0 Å². The molecule has 1 aliphatic heterocycles. The summed E-state index contributed by atoms with van der Waals surface area (Å²) < 4.78 is 0. The Balaban J connectivity index is 0.000000810. The molecule has 0 radical (unpaired) electrons. The van der Waals surface area contributed by atoms with Gasteiger partial charge in [-0.2, -0.15) is 0 Å². The second-order valence-electron chi connectivity index (χ2n) is 1.99. The highest BCUT2D eigenvalue weighted by Gasteiger charge is 1.97. The van der Waals surface area contributed by atoms with Gasteiger partial charge in [0.2, 0.25) is 0 Å². The Morgan fingerprint density at radius 1 is 1.70 bits per heavy atom. The number of hydrogen-bond acceptors (Lipinski definition) is 3. The van der Waals surface area contributed by atoms with Crippen LogP contribution in [-0.2, 0) is 0 Å². The topological polar surface area (TPSA) is 44.6 Å². The van der Waals surface area contributed by atoms with Crippen molar-refractivity contribution in [2.75, 3.05) is 13.1 Å². The molecule has 4 heteroatoms. The first-order valence-electron chi connectivity index (χ1n) is 3.00. The van der Waals surface area contributed by atoms with Crippen molar-refractivity contribution in [3.8, 4) is 0 Å². The molecule has 0 spiro atoms. The van der Waals surface area contributed by atoms with E-state index >= 15 is 0 Å². The molecule has 1 aliphatic rings. The van der Waals surface area contributed by atoms with Gasteiger partial charge in [0.1, 0.15) is 0 Å². The number of oxime groups is 1. The maximum atomic E-state index is 8.12. The third-order valence-corrected chi connectivity index (χ3v) is 1.28. The smallest absolute Gasteiger partial charge is 0.0703 e. The Morgan fingerprint density at radius 3 is 3.00 bits per heavy atom. The Morgan fingerprint density at radius 2 is 2.50 bits per heavy atom. The molecular formula is C6H11ClN2O. The molecule has 0 aromatic carbocycles. The minimum Gasteiger partial charge on any atom is -0.411 e. The zero-order chi connectivity index (χ0) is 6.53. The summed E-state index contributed by atoms with van der Waals surface area (Å²) in [4.78, 5) is 0. The van der Waals surface area contributed by atoms with Gasteiger partial charge in [-0.3, -0.25) is 0 Å². The fourth-order valence-corrected chi connectivity index (χ4v) is 0.837. The van der Waals surface area contributed by atoms with Crippen molar-refractivity contribution in [1.82, 2.24) is 5.32 Å². The molecule has 0 fully saturated rings. The first-order chi connectivity index (χ1) is 4.43. The van der Waals surface area contributed by atoms with Gasteiger partial charge in [-0.05, 0) is 18.5 Å². The van der Waals surface area contributed by atoms with Crippen LogP contribution < -0.4 is 5.32 Å². The van der Waals surface area contributed by atoms with Crippen LogP contribution in [0.3, 0.4) is 0 Å². The van der Waals surface area contributed by atoms with Gasteiger partial charge in [-0.15, -0.1) is 12.4 Å². The van der Waals surface area contributed by atoms with Crippen molar-refractivity contribution in [3.05, 3.63) is 11.6 Å². The van der Waals surface area contributed by atoms with E-state index < -0.39 is 0 Å². The average molecular weight is 163 g/mol. The van der Waals surface area contributed by atoms with E-state index in [1.807, 2.05) is 0 Å². The molecule has 1 heterocycles. The van der Waals surface area contributed by atoms with Gasteiger partial charge in [0, 0.05) is 6.54 Å². The van der Waals surface area contributed by atoms with Gasteiger partial charge in [0.25, 0.3) is 0 Å². The molecule has 10 heavy (non-hydrogen) atoms. The number of halogens is 1. The fraction of sp³-hybridized carbons (Fsp3) is 0.500. The van der Waals surface area contributed by atoms with Crippen LogP contribution in [0.2, 0.25) is 0 Å². The lowest BCUT2D eigenvalue weighted by atomic mass is 10.2. The Kier molecular flexibility index (Phi) is 4.98. The molecule has 0 atom stereocenters. The molecule has 2 N–H and O–H groups in total. The van der Waals surface area contributed by atoms with Gasteiger partial charge >= 0.3 is 0 Å². The van der Waals surface area contributed by atoms with Crippen LogP contribution in [0.5, 0.6) is 0 Å². The van der Waals surface area contributed by atoms with Crippen LogP contribution in [0.4, 0.5) is 0 Å². The summed E-state index contributed by atoms with van der Waals surface area (Å²) in [7, 11) is 0. The summed E-state index contributed by atoms with van der Waals surface area (Å²) in [5, 5.41) is 14.2. The number of rotatable bonds is 1. The third kappa shape index (κ3) is 2.85. The van der Waals surface area contributed by atoms with E-state index in [1.165, 1.54) is 6.21 Å². The average Bonchev–Trinajstić information content (AvgIpc) is 1.91. The fourth-order valence-electron chi connectivity index (χ4n) is 0.837. The van der Waals surface area contributed by atoms with E-state index in [0.717, 1.165) is 25.1 Å². The molecule has 0 aliphatic carbocycles. The van der Waals surface area contributed by atoms with Gasteiger partial charge < -0.3 is 10.5 Å². The highest BCUT2D eigenvalue weighted by Crippen LogP contribution is 1.96. The van der Waals surface area contributed by atoms with Crippen molar-refractivity contribution in [2.24, 2.45) is 5.16 Å². The number of nitrogens with one attached hydrogen (secondary N) is 1. The van der Waals surface area contributed by atoms with E-state index in [1.54, 1.807) is 0 Å². The molecule has 3 nitrogen and oxygen atoms in total. The van der Waals surface area contributed by atoms with E-state index in [-0.39, 0.29) is 12.4 Å². The van der Waals surface area contributed by atoms with E-state index in [9.17, 15) is 0 Å². The molecule has 0 saturated heterocycles. The highest BCUT2D eigenvalue weighted by molar-refractivity contribution is 5.85. The lowest BCUT2D eigenvalue weighted by Gasteiger charge is -2.08. The molecule has 0 aromatic rings. The van der Waals surface area contributed by atoms with Crippen molar-refractivity contribution in [2.45, 2.75) is 6.42 Å². The SMILES string of the molecule is Cl.ON=CC1=CCCNC1. The van der Waals surface area contributed by atoms with Crippen molar-refractivity contribution in [3.63, 3.8) is 0 Å². The van der Waals surface area contributed by atoms with Crippen LogP contribution in [0.15, 0.2) is 16.8 Å². The van der Waals surface area contributed by atoms with Crippen LogP contribution >= 0.6 is 12.4 Å². The molecule has 0 bridgehead atoms. The van der Waals surface area contributed by atoms with Crippen molar-refractivity contribution < 1.29 is 5.21 Å². The highest BCUT2D eigenvalue weighted by atomic mass is 35.5. The van der Waals surface area contributed by atoms with E-state index in [0.29, 0.717) is 0 Å². The second kappa shape index (κ2) is 5.26. The first kappa shape index (κ1) is 9.46. The minimum absolute atomic E-state index is 0. The van der Waals surface area contributed by atoms with E-state index in [4.69, 9.17) is 5.21 Å². The molecule has 0 saturated carbocycles. The number of nitrogens with zero attached hydrogens (tertiary/aromatic N) is 1. The largest absolute Gasteiger partial charge is 0.411 e. The molecule has 0 amide bonds. The van der Waals surface area contributed by atoms with Gasteiger partial charge in [0.05, 0.1) is 6.21 Å². The predicted molar refractivity (Wildman–Crippen MR) is 43.1 cm³/mol. The lowest BCUT2D eigenvalue weighted by Crippen LogP contribution is -2.22. The summed E-state index contributed by atoms with van der Waals surface area (Å²) in [6.07, 6.45) is 4.56. The lowest BCUT2D eigenvalue weighted by molar-refractivity contribution is 0.321. The molecule has 0 unspecified atom stereocenters. The zero-order valence-corrected chi connectivity index (χ0v) is 6.40. The predicted octanol–water partition coefficient (Wildman–Crippen LogP) is 0.788. The van der Waals surface area contributed by atoms with Crippen LogP contribution in [0.1, 0.15) is 6.42 Å². The Hall–Kier alpha value is -0.540. The summed E-state index contributed by atoms with van der Waals surface area (Å²) >= 11 is 0. The van der Waals surface area contributed by atoms with Crippen LogP contribution in [0.25, 0.3) is 0 Å². The molecule has 1 rings (SSSR count). The summed E-state index contributed by atoms with van der Waals surface area (Å²) in [6, 6.07) is 0. The van der Waals surface area contributed by atoms with Crippen molar-refractivity contribution >= 4 is 18.6 Å². The minimum atomic E-state index is 0. The number of hydrogen-bond donors (Lipinski definition) is 2. The second-order valence-corrected chi connectivity index (χ2v) is 1.99. The standard InChI is InChI=1S/C6H10N2O.ClH/c9-8-5-6-2-1-3-7-4-6;/h2,5,7,9H,1,3-4H2;1H.